The van der Waals surface area contributed by atoms with Gasteiger partial charge in [-0.2, -0.15) is 0 Å². The van der Waals surface area contributed by atoms with Gasteiger partial charge < -0.3 is 15.2 Å². The highest BCUT2D eigenvalue weighted by Gasteiger charge is 2.28. The third kappa shape index (κ3) is 10.4. The molecular formula is C20H27NO7S. The van der Waals surface area contributed by atoms with Crippen LogP contribution < -0.4 is 5.32 Å². The molecule has 29 heavy (non-hydrogen) atoms. The SMILES string of the molecule is CC(C)[C@@H](CC(=O)OCc1ccccc1)C(=O)N[C@H](/C=C/S(C)(=O)=O)CC(=O)O. The number of carboxylic acid groups (broad SMARTS) is 1. The van der Waals surface area contributed by atoms with Crippen molar-refractivity contribution in [2.24, 2.45) is 11.8 Å². The predicted octanol–water partition coefficient (Wildman–Crippen LogP) is 1.91. The monoisotopic (exact) mass is 425 g/mol. The number of carbonyl (C=O) groups excluding carboxylic acids is 2. The molecule has 0 heterocycles. The van der Waals surface area contributed by atoms with E-state index in [-0.39, 0.29) is 18.9 Å². The largest absolute Gasteiger partial charge is 0.481 e. The summed E-state index contributed by atoms with van der Waals surface area (Å²) in [6.07, 6.45) is 1.42. The number of sulfone groups is 1. The number of ether oxygens (including phenoxy) is 1. The highest BCUT2D eigenvalue weighted by molar-refractivity contribution is 7.93. The fourth-order valence-corrected chi connectivity index (χ4v) is 2.97. The lowest BCUT2D eigenvalue weighted by atomic mass is 9.91. The van der Waals surface area contributed by atoms with Gasteiger partial charge in [-0.25, -0.2) is 8.42 Å². The van der Waals surface area contributed by atoms with Gasteiger partial charge in [-0.3, -0.25) is 14.4 Å². The van der Waals surface area contributed by atoms with E-state index in [0.717, 1.165) is 23.3 Å². The minimum absolute atomic E-state index is 0.0881. The van der Waals surface area contributed by atoms with Crippen LogP contribution in [0.3, 0.4) is 0 Å². The third-order valence-corrected chi connectivity index (χ3v) is 4.70. The number of amides is 1. The van der Waals surface area contributed by atoms with Crippen molar-refractivity contribution in [3.63, 3.8) is 0 Å². The lowest BCUT2D eigenvalue weighted by Crippen LogP contribution is -2.41. The molecule has 1 amide bonds. The number of nitrogens with one attached hydrogen (secondary N) is 1. The Morgan fingerprint density at radius 2 is 1.76 bits per heavy atom. The average molecular weight is 426 g/mol. The molecule has 0 aliphatic heterocycles. The number of rotatable bonds is 11. The number of esters is 1. The van der Waals surface area contributed by atoms with Gasteiger partial charge in [0.05, 0.1) is 24.8 Å². The molecule has 1 aromatic carbocycles. The van der Waals surface area contributed by atoms with Crippen LogP contribution in [0.25, 0.3) is 0 Å². The summed E-state index contributed by atoms with van der Waals surface area (Å²) in [5.74, 6) is -3.26. The third-order valence-electron chi connectivity index (χ3n) is 4.05. The van der Waals surface area contributed by atoms with Crippen molar-refractivity contribution in [1.82, 2.24) is 5.32 Å². The predicted molar refractivity (Wildman–Crippen MR) is 107 cm³/mol. The number of hydrogen-bond acceptors (Lipinski definition) is 6. The molecule has 0 aromatic heterocycles. The zero-order chi connectivity index (χ0) is 22.0. The summed E-state index contributed by atoms with van der Waals surface area (Å²) in [6, 6.07) is 8.09. The second-order valence-electron chi connectivity index (χ2n) is 7.07. The molecule has 0 saturated heterocycles. The molecule has 8 nitrogen and oxygen atoms in total. The van der Waals surface area contributed by atoms with Crippen LogP contribution in [0.1, 0.15) is 32.3 Å². The first kappa shape index (κ1) is 24.4. The van der Waals surface area contributed by atoms with Gasteiger partial charge in [0.2, 0.25) is 5.91 Å². The summed E-state index contributed by atoms with van der Waals surface area (Å²) in [7, 11) is -3.48. The zero-order valence-electron chi connectivity index (χ0n) is 16.7. The van der Waals surface area contributed by atoms with E-state index < -0.39 is 46.1 Å². The number of carboxylic acids is 1. The van der Waals surface area contributed by atoms with Crippen LogP contribution in [-0.2, 0) is 35.6 Å². The van der Waals surface area contributed by atoms with Crippen LogP contribution in [0.2, 0.25) is 0 Å². The lowest BCUT2D eigenvalue weighted by molar-refractivity contribution is -0.149. The molecule has 2 atom stereocenters. The first-order chi connectivity index (χ1) is 13.5. The minimum Gasteiger partial charge on any atom is -0.481 e. The molecule has 0 radical (unpaired) electrons. The van der Waals surface area contributed by atoms with Crippen molar-refractivity contribution in [2.45, 2.75) is 39.3 Å². The van der Waals surface area contributed by atoms with E-state index in [1.54, 1.807) is 13.8 Å². The van der Waals surface area contributed by atoms with Gasteiger partial charge in [0.15, 0.2) is 9.84 Å². The molecule has 0 aliphatic carbocycles. The van der Waals surface area contributed by atoms with Gasteiger partial charge in [-0.15, -0.1) is 0 Å². The normalized spacial score (nSPS) is 13.8. The maximum Gasteiger partial charge on any atom is 0.306 e. The molecule has 0 bridgehead atoms. The first-order valence-electron chi connectivity index (χ1n) is 9.08. The van der Waals surface area contributed by atoms with E-state index in [2.05, 4.69) is 5.32 Å². The molecular weight excluding hydrogens is 398 g/mol. The van der Waals surface area contributed by atoms with Crippen LogP contribution in [0.5, 0.6) is 0 Å². The quantitative estimate of drug-likeness (QED) is 0.519. The van der Waals surface area contributed by atoms with Crippen LogP contribution in [-0.4, -0.2) is 43.7 Å². The first-order valence-corrected chi connectivity index (χ1v) is 11.0. The Labute approximate surface area is 170 Å². The standard InChI is InChI=1S/C20H27NO7S/c1-14(2)17(12-19(24)28-13-15-7-5-4-6-8-15)20(25)21-16(11-18(22)23)9-10-29(3,26)27/h4-10,14,16-17H,11-13H2,1-3H3,(H,21,25)(H,22,23)/b10-9+/t16-,17-/m1/s1. The van der Waals surface area contributed by atoms with Crippen LogP contribution in [0.4, 0.5) is 0 Å². The topological polar surface area (TPSA) is 127 Å². The molecule has 2 N–H and O–H groups in total. The Kier molecular flexibility index (Phi) is 9.54. The lowest BCUT2D eigenvalue weighted by Gasteiger charge is -2.22. The van der Waals surface area contributed by atoms with Crippen LogP contribution in [0.15, 0.2) is 41.8 Å². The highest BCUT2D eigenvalue weighted by Crippen LogP contribution is 2.18. The molecule has 0 unspecified atom stereocenters. The molecule has 0 aliphatic rings. The van der Waals surface area contributed by atoms with Gasteiger partial charge in [0.25, 0.3) is 0 Å². The molecule has 0 fully saturated rings. The average Bonchev–Trinajstić information content (AvgIpc) is 2.62. The Bertz CT molecular complexity index is 832. The Morgan fingerprint density at radius 1 is 1.14 bits per heavy atom. The van der Waals surface area contributed by atoms with Crippen molar-refractivity contribution >= 4 is 27.7 Å². The summed E-state index contributed by atoms with van der Waals surface area (Å²) < 4.78 is 27.8. The van der Waals surface area contributed by atoms with E-state index in [0.29, 0.717) is 0 Å². The van der Waals surface area contributed by atoms with E-state index in [1.165, 1.54) is 0 Å². The van der Waals surface area contributed by atoms with E-state index >= 15 is 0 Å². The molecule has 160 valence electrons. The summed E-state index contributed by atoms with van der Waals surface area (Å²) in [4.78, 5) is 35.8. The van der Waals surface area contributed by atoms with Crippen molar-refractivity contribution in [2.75, 3.05) is 6.26 Å². The molecule has 0 saturated carbocycles. The van der Waals surface area contributed by atoms with Gasteiger partial charge in [0, 0.05) is 11.7 Å². The van der Waals surface area contributed by atoms with Gasteiger partial charge in [-0.05, 0) is 11.5 Å². The molecule has 1 rings (SSSR count). The van der Waals surface area contributed by atoms with Crippen molar-refractivity contribution in [3.8, 4) is 0 Å². The van der Waals surface area contributed by atoms with Crippen molar-refractivity contribution < 1.29 is 32.6 Å². The van der Waals surface area contributed by atoms with Crippen LogP contribution >= 0.6 is 0 Å². The fraction of sp³-hybridized carbons (Fsp3) is 0.450. The second kappa shape index (κ2) is 11.4. The molecule has 1 aromatic rings. The maximum absolute atomic E-state index is 12.6. The van der Waals surface area contributed by atoms with Gasteiger partial charge in [0.1, 0.15) is 6.61 Å². The fourth-order valence-electron chi connectivity index (χ4n) is 2.49. The van der Waals surface area contributed by atoms with Crippen LogP contribution in [0, 0.1) is 11.8 Å². The summed E-state index contributed by atoms with van der Waals surface area (Å²) in [5.41, 5.74) is 0.818. The van der Waals surface area contributed by atoms with E-state index in [1.807, 2.05) is 30.3 Å². The summed E-state index contributed by atoms with van der Waals surface area (Å²) in [5, 5.41) is 12.3. The van der Waals surface area contributed by atoms with Crippen molar-refractivity contribution in [1.29, 1.82) is 0 Å². The van der Waals surface area contributed by atoms with Gasteiger partial charge >= 0.3 is 11.9 Å². The molecule has 9 heteroatoms. The van der Waals surface area contributed by atoms with Crippen molar-refractivity contribution in [3.05, 3.63) is 47.4 Å². The molecule has 0 spiro atoms. The van der Waals surface area contributed by atoms with E-state index in [9.17, 15) is 22.8 Å². The second-order valence-corrected chi connectivity index (χ2v) is 9.00. The smallest absolute Gasteiger partial charge is 0.306 e. The van der Waals surface area contributed by atoms with Gasteiger partial charge in [-0.1, -0.05) is 50.3 Å². The zero-order valence-corrected chi connectivity index (χ0v) is 17.5. The minimum atomic E-state index is -3.48. The number of aliphatic carboxylic acids is 1. The Balaban J connectivity index is 2.76. The Morgan fingerprint density at radius 3 is 2.28 bits per heavy atom. The van der Waals surface area contributed by atoms with E-state index in [4.69, 9.17) is 9.84 Å². The number of carbonyl (C=O) groups is 3. The summed E-state index contributed by atoms with van der Waals surface area (Å²) >= 11 is 0. The Hall–Kier alpha value is -2.68. The summed E-state index contributed by atoms with van der Waals surface area (Å²) in [6.45, 7) is 3.60. The maximum atomic E-state index is 12.6. The number of hydrogen-bond donors (Lipinski definition) is 2. The highest BCUT2D eigenvalue weighted by atomic mass is 32.2. The number of benzene rings is 1.